The fraction of sp³-hybridized carbons (Fsp3) is 0.786. The average molecular weight is 251 g/mol. The van der Waals surface area contributed by atoms with Gasteiger partial charge in [-0.2, -0.15) is 0 Å². The van der Waals surface area contributed by atoms with Gasteiger partial charge in [0.1, 0.15) is 0 Å². The minimum absolute atomic E-state index is 0.0871. The Labute approximate surface area is 110 Å². The van der Waals surface area contributed by atoms with Gasteiger partial charge in [-0.1, -0.05) is 19.3 Å². The Hall–Kier alpha value is -1.05. The lowest BCUT2D eigenvalue weighted by molar-refractivity contribution is -0.123. The zero-order valence-electron chi connectivity index (χ0n) is 11.5. The van der Waals surface area contributed by atoms with E-state index in [0.29, 0.717) is 13.0 Å². The third kappa shape index (κ3) is 3.72. The Kier molecular flexibility index (Phi) is 5.64. The minimum atomic E-state index is -0.585. The van der Waals surface area contributed by atoms with Crippen molar-refractivity contribution >= 4 is 5.91 Å². The zero-order valence-corrected chi connectivity index (χ0v) is 11.5. The van der Waals surface area contributed by atoms with E-state index in [1.54, 1.807) is 0 Å². The molecule has 0 aromatic heterocycles. The first-order valence-electron chi connectivity index (χ1n) is 6.66. The standard InChI is InChI=1S/C14H25N3O/c1-4-8-12(15)13(18)16-11-14(17(2)3)9-6-5-7-10-14/h1,12H,5-11,15H2,2-3H3,(H,16,18). The molecular formula is C14H25N3O. The lowest BCUT2D eigenvalue weighted by atomic mass is 9.80. The van der Waals surface area contributed by atoms with Crippen molar-refractivity contribution in [3.63, 3.8) is 0 Å². The van der Waals surface area contributed by atoms with Crippen LogP contribution in [0.3, 0.4) is 0 Å². The third-order valence-electron chi connectivity index (χ3n) is 4.00. The van der Waals surface area contributed by atoms with Gasteiger partial charge in [-0.05, 0) is 26.9 Å². The van der Waals surface area contributed by atoms with Crippen molar-refractivity contribution in [2.24, 2.45) is 5.73 Å². The van der Waals surface area contributed by atoms with Gasteiger partial charge in [0, 0.05) is 18.5 Å². The maximum absolute atomic E-state index is 11.8. The van der Waals surface area contributed by atoms with Gasteiger partial charge in [0.05, 0.1) is 6.04 Å². The summed E-state index contributed by atoms with van der Waals surface area (Å²) in [4.78, 5) is 14.0. The first-order chi connectivity index (χ1) is 8.52. The lowest BCUT2D eigenvalue weighted by Gasteiger charge is -2.43. The number of likely N-dealkylation sites (N-methyl/N-ethyl adjacent to an activating group) is 1. The largest absolute Gasteiger partial charge is 0.353 e. The highest BCUT2D eigenvalue weighted by Crippen LogP contribution is 2.31. The van der Waals surface area contributed by atoms with Crippen LogP contribution < -0.4 is 11.1 Å². The summed E-state index contributed by atoms with van der Waals surface area (Å²) in [5.41, 5.74) is 5.78. The number of rotatable bonds is 5. The molecule has 0 aromatic rings. The predicted octanol–water partition coefficient (Wildman–Crippen LogP) is 0.718. The molecular weight excluding hydrogens is 226 g/mol. The van der Waals surface area contributed by atoms with E-state index in [4.69, 9.17) is 12.2 Å². The van der Waals surface area contributed by atoms with Gasteiger partial charge in [-0.25, -0.2) is 0 Å². The molecule has 0 spiro atoms. The van der Waals surface area contributed by atoms with Crippen molar-refractivity contribution in [2.75, 3.05) is 20.6 Å². The molecule has 1 unspecified atom stereocenters. The smallest absolute Gasteiger partial charge is 0.237 e. The monoisotopic (exact) mass is 251 g/mol. The fourth-order valence-electron chi connectivity index (χ4n) is 2.59. The van der Waals surface area contributed by atoms with E-state index in [9.17, 15) is 4.79 Å². The summed E-state index contributed by atoms with van der Waals surface area (Å²) in [6, 6.07) is -0.585. The second-order valence-electron chi connectivity index (χ2n) is 5.41. The highest BCUT2D eigenvalue weighted by atomic mass is 16.2. The summed E-state index contributed by atoms with van der Waals surface area (Å²) >= 11 is 0. The first-order valence-corrected chi connectivity index (χ1v) is 6.66. The molecule has 1 saturated carbocycles. The molecule has 4 heteroatoms. The SMILES string of the molecule is C#CCC(N)C(=O)NCC1(N(C)C)CCCCC1. The van der Waals surface area contributed by atoms with Crippen LogP contribution in [0.25, 0.3) is 0 Å². The van der Waals surface area contributed by atoms with Crippen LogP contribution in [0.2, 0.25) is 0 Å². The number of terminal acetylenes is 1. The predicted molar refractivity (Wildman–Crippen MR) is 73.9 cm³/mol. The molecule has 0 saturated heterocycles. The number of carbonyl (C=O) groups is 1. The highest BCUT2D eigenvalue weighted by Gasteiger charge is 2.34. The van der Waals surface area contributed by atoms with Crippen LogP contribution in [-0.4, -0.2) is 43.0 Å². The molecule has 0 heterocycles. The molecule has 0 radical (unpaired) electrons. The van der Waals surface area contributed by atoms with Crippen LogP contribution >= 0.6 is 0 Å². The van der Waals surface area contributed by atoms with Crippen LogP contribution in [-0.2, 0) is 4.79 Å². The molecule has 0 aliphatic heterocycles. The molecule has 0 aromatic carbocycles. The molecule has 1 aliphatic rings. The van der Waals surface area contributed by atoms with Gasteiger partial charge in [-0.15, -0.1) is 12.3 Å². The van der Waals surface area contributed by atoms with Crippen molar-refractivity contribution in [1.82, 2.24) is 10.2 Å². The molecule has 4 nitrogen and oxygen atoms in total. The number of nitrogens with two attached hydrogens (primary N) is 1. The van der Waals surface area contributed by atoms with E-state index < -0.39 is 6.04 Å². The van der Waals surface area contributed by atoms with E-state index in [1.165, 1.54) is 19.3 Å². The van der Waals surface area contributed by atoms with Crippen LogP contribution in [0.4, 0.5) is 0 Å². The molecule has 1 atom stereocenters. The third-order valence-corrected chi connectivity index (χ3v) is 4.00. The second-order valence-corrected chi connectivity index (χ2v) is 5.41. The Morgan fingerprint density at radius 2 is 2.06 bits per heavy atom. The molecule has 1 rings (SSSR count). The van der Waals surface area contributed by atoms with Crippen molar-refractivity contribution in [1.29, 1.82) is 0 Å². The summed E-state index contributed by atoms with van der Waals surface area (Å²) < 4.78 is 0. The summed E-state index contributed by atoms with van der Waals surface area (Å²) in [5.74, 6) is 2.28. The average Bonchev–Trinajstić information content (AvgIpc) is 2.37. The van der Waals surface area contributed by atoms with E-state index in [1.807, 2.05) is 0 Å². The number of nitrogens with zero attached hydrogens (tertiary/aromatic N) is 1. The quantitative estimate of drug-likeness (QED) is 0.708. The van der Waals surface area contributed by atoms with Crippen LogP contribution in [0.15, 0.2) is 0 Å². The number of nitrogens with one attached hydrogen (secondary N) is 1. The van der Waals surface area contributed by atoms with Gasteiger partial charge in [0.2, 0.25) is 5.91 Å². The molecule has 1 amide bonds. The number of carbonyl (C=O) groups excluding carboxylic acids is 1. The summed E-state index contributed by atoms with van der Waals surface area (Å²) in [7, 11) is 4.16. The van der Waals surface area contributed by atoms with E-state index in [0.717, 1.165) is 12.8 Å². The fourth-order valence-corrected chi connectivity index (χ4v) is 2.59. The maximum Gasteiger partial charge on any atom is 0.237 e. The van der Waals surface area contributed by atoms with E-state index in [2.05, 4.69) is 30.2 Å². The summed E-state index contributed by atoms with van der Waals surface area (Å²) in [5, 5.41) is 2.96. The summed E-state index contributed by atoms with van der Waals surface area (Å²) in [6.07, 6.45) is 11.5. The number of hydrogen-bond donors (Lipinski definition) is 2. The van der Waals surface area contributed by atoms with Gasteiger partial charge in [0.25, 0.3) is 0 Å². The van der Waals surface area contributed by atoms with E-state index in [-0.39, 0.29) is 11.4 Å². The van der Waals surface area contributed by atoms with Gasteiger partial charge >= 0.3 is 0 Å². The summed E-state index contributed by atoms with van der Waals surface area (Å²) in [6.45, 7) is 0.664. The number of amides is 1. The lowest BCUT2D eigenvalue weighted by Crippen LogP contribution is -2.55. The van der Waals surface area contributed by atoms with Gasteiger partial charge in [0.15, 0.2) is 0 Å². The minimum Gasteiger partial charge on any atom is -0.353 e. The first kappa shape index (κ1) is 15.0. The molecule has 18 heavy (non-hydrogen) atoms. The van der Waals surface area contributed by atoms with Crippen molar-refractivity contribution < 1.29 is 4.79 Å². The second kappa shape index (κ2) is 6.77. The molecule has 0 bridgehead atoms. The van der Waals surface area contributed by atoms with Crippen LogP contribution in [0.5, 0.6) is 0 Å². The molecule has 1 fully saturated rings. The number of hydrogen-bond acceptors (Lipinski definition) is 3. The molecule has 3 N–H and O–H groups in total. The van der Waals surface area contributed by atoms with Crippen LogP contribution in [0, 0.1) is 12.3 Å². The zero-order chi connectivity index (χ0) is 13.6. The highest BCUT2D eigenvalue weighted by molar-refractivity contribution is 5.81. The van der Waals surface area contributed by atoms with Gasteiger partial charge in [-0.3, -0.25) is 4.79 Å². The molecule has 102 valence electrons. The van der Waals surface area contributed by atoms with Crippen molar-refractivity contribution in [3.8, 4) is 12.3 Å². The van der Waals surface area contributed by atoms with Crippen molar-refractivity contribution in [3.05, 3.63) is 0 Å². The molecule has 1 aliphatic carbocycles. The Balaban J connectivity index is 2.53. The Morgan fingerprint density at radius 3 is 2.56 bits per heavy atom. The normalized spacial score (nSPS) is 20.2. The Bertz CT molecular complexity index is 313. The van der Waals surface area contributed by atoms with Crippen molar-refractivity contribution in [2.45, 2.75) is 50.1 Å². The van der Waals surface area contributed by atoms with Crippen LogP contribution in [0.1, 0.15) is 38.5 Å². The maximum atomic E-state index is 11.8. The van der Waals surface area contributed by atoms with E-state index >= 15 is 0 Å². The Morgan fingerprint density at radius 1 is 1.44 bits per heavy atom. The topological polar surface area (TPSA) is 58.4 Å². The van der Waals surface area contributed by atoms with Gasteiger partial charge < -0.3 is 16.0 Å².